The lowest BCUT2D eigenvalue weighted by molar-refractivity contribution is 0.282. The highest BCUT2D eigenvalue weighted by Crippen LogP contribution is 2.24. The van der Waals surface area contributed by atoms with Crippen LogP contribution in [0.2, 0.25) is 0 Å². The Morgan fingerprint density at radius 1 is 1.40 bits per heavy atom. The molecule has 0 saturated carbocycles. The summed E-state index contributed by atoms with van der Waals surface area (Å²) in [6.45, 7) is 4.75. The number of primary sulfonamides is 1. The van der Waals surface area contributed by atoms with Crippen LogP contribution in [0, 0.1) is 6.92 Å². The minimum absolute atomic E-state index is 0.00731. The maximum Gasteiger partial charge on any atom is 0.241 e. The van der Waals surface area contributed by atoms with Crippen LogP contribution < -0.4 is 9.88 Å². The number of nitrogens with two attached hydrogens (primary N) is 1. The van der Waals surface area contributed by atoms with Crippen LogP contribution in [0.15, 0.2) is 35.5 Å². The molecule has 0 spiro atoms. The van der Waals surface area contributed by atoms with Crippen molar-refractivity contribution in [1.82, 2.24) is 9.55 Å². The molecule has 0 atom stereocenters. The zero-order valence-corrected chi connectivity index (χ0v) is 12.2. The molecule has 1 aromatic heterocycles. The first kappa shape index (κ1) is 14.5. The molecule has 108 valence electrons. The van der Waals surface area contributed by atoms with Crippen LogP contribution in [-0.2, 0) is 23.2 Å². The van der Waals surface area contributed by atoms with Gasteiger partial charge in [0.2, 0.25) is 10.0 Å². The number of rotatable bonds is 5. The highest BCUT2D eigenvalue weighted by atomic mass is 32.2. The molecule has 7 heteroatoms. The Labute approximate surface area is 118 Å². The first-order valence-corrected chi connectivity index (χ1v) is 7.72. The average molecular weight is 295 g/mol. The monoisotopic (exact) mass is 295 g/mol. The molecule has 0 bridgehead atoms. The third kappa shape index (κ3) is 3.17. The molecule has 0 fully saturated rings. The summed E-state index contributed by atoms with van der Waals surface area (Å²) in [6, 6.07) is 4.88. The molecule has 2 N–H and O–H groups in total. The van der Waals surface area contributed by atoms with E-state index in [1.54, 1.807) is 25.3 Å². The van der Waals surface area contributed by atoms with Crippen molar-refractivity contribution in [2.75, 3.05) is 0 Å². The van der Waals surface area contributed by atoms with E-state index in [9.17, 15) is 8.42 Å². The number of imidazole rings is 1. The van der Waals surface area contributed by atoms with E-state index in [0.29, 0.717) is 0 Å². The van der Waals surface area contributed by atoms with Crippen molar-refractivity contribution in [3.05, 3.63) is 42.0 Å². The minimum atomic E-state index is -3.81. The summed E-state index contributed by atoms with van der Waals surface area (Å²) in [4.78, 5) is 4.16. The summed E-state index contributed by atoms with van der Waals surface area (Å²) in [5.74, 6) is 0.970. The van der Waals surface area contributed by atoms with E-state index in [2.05, 4.69) is 4.98 Å². The molecule has 1 aromatic carbocycles. The van der Waals surface area contributed by atoms with Crippen molar-refractivity contribution in [2.45, 2.75) is 31.9 Å². The summed E-state index contributed by atoms with van der Waals surface area (Å²) < 4.78 is 30.6. The first-order chi connectivity index (χ1) is 9.41. The number of aryl methyl sites for hydroxylation is 2. The molecule has 0 amide bonds. The average Bonchev–Trinajstić information content (AvgIpc) is 2.83. The number of ether oxygens (including phenoxy) is 1. The van der Waals surface area contributed by atoms with E-state index in [1.165, 1.54) is 6.07 Å². The Bertz CT molecular complexity index is 707. The lowest BCUT2D eigenvalue weighted by Gasteiger charge is -2.11. The molecule has 1 heterocycles. The van der Waals surface area contributed by atoms with Crippen molar-refractivity contribution in [1.29, 1.82) is 0 Å². The van der Waals surface area contributed by atoms with Crippen LogP contribution >= 0.6 is 0 Å². The van der Waals surface area contributed by atoms with Gasteiger partial charge in [0.1, 0.15) is 23.1 Å². The number of sulfonamides is 1. The largest absolute Gasteiger partial charge is 0.484 e. The molecule has 0 unspecified atom stereocenters. The lowest BCUT2D eigenvalue weighted by Crippen LogP contribution is -2.15. The Morgan fingerprint density at radius 2 is 2.15 bits per heavy atom. The number of hydrogen-bond donors (Lipinski definition) is 1. The van der Waals surface area contributed by atoms with Crippen molar-refractivity contribution in [3.63, 3.8) is 0 Å². The van der Waals surface area contributed by atoms with E-state index in [-0.39, 0.29) is 17.3 Å². The summed E-state index contributed by atoms with van der Waals surface area (Å²) >= 11 is 0. The van der Waals surface area contributed by atoms with E-state index in [4.69, 9.17) is 9.88 Å². The van der Waals surface area contributed by atoms with Gasteiger partial charge in [0.25, 0.3) is 0 Å². The molecule has 0 saturated heterocycles. The van der Waals surface area contributed by atoms with Gasteiger partial charge < -0.3 is 9.30 Å². The summed E-state index contributed by atoms with van der Waals surface area (Å²) in [7, 11) is -3.81. The summed E-state index contributed by atoms with van der Waals surface area (Å²) in [5.41, 5.74) is 0.802. The minimum Gasteiger partial charge on any atom is -0.484 e. The first-order valence-electron chi connectivity index (χ1n) is 6.18. The normalized spacial score (nSPS) is 11.6. The fraction of sp³-hybridized carbons (Fsp3) is 0.308. The van der Waals surface area contributed by atoms with Crippen molar-refractivity contribution in [2.24, 2.45) is 5.14 Å². The molecule has 6 nitrogen and oxygen atoms in total. The van der Waals surface area contributed by atoms with Gasteiger partial charge in [-0.2, -0.15) is 0 Å². The van der Waals surface area contributed by atoms with Gasteiger partial charge in [0.15, 0.2) is 0 Å². The number of benzene rings is 1. The second kappa shape index (κ2) is 5.64. The van der Waals surface area contributed by atoms with Gasteiger partial charge in [-0.1, -0.05) is 6.07 Å². The van der Waals surface area contributed by atoms with Gasteiger partial charge >= 0.3 is 0 Å². The third-order valence-electron chi connectivity index (χ3n) is 2.90. The standard InChI is InChI=1S/C13H17N3O3S/c1-3-16-7-6-15-13(16)9-19-11-5-4-10(2)8-12(11)20(14,17)18/h4-8H,3,9H2,1-2H3,(H2,14,17,18). The number of nitrogens with zero attached hydrogens (tertiary/aromatic N) is 2. The summed E-state index contributed by atoms with van der Waals surface area (Å²) in [5, 5.41) is 5.20. The predicted octanol–water partition coefficient (Wildman–Crippen LogP) is 1.44. The Balaban J connectivity index is 2.26. The van der Waals surface area contributed by atoms with Gasteiger partial charge in [0, 0.05) is 18.9 Å². The van der Waals surface area contributed by atoms with Crippen LogP contribution in [0.3, 0.4) is 0 Å². The van der Waals surface area contributed by atoms with Crippen LogP contribution in [0.4, 0.5) is 0 Å². The summed E-state index contributed by atoms with van der Waals surface area (Å²) in [6.07, 6.45) is 3.52. The Morgan fingerprint density at radius 3 is 2.80 bits per heavy atom. The Hall–Kier alpha value is -1.86. The molecule has 20 heavy (non-hydrogen) atoms. The molecule has 2 rings (SSSR count). The van der Waals surface area contributed by atoms with E-state index >= 15 is 0 Å². The maximum atomic E-state index is 11.6. The Kier molecular flexibility index (Phi) is 4.10. The van der Waals surface area contributed by atoms with Gasteiger partial charge in [-0.3, -0.25) is 0 Å². The maximum absolute atomic E-state index is 11.6. The smallest absolute Gasteiger partial charge is 0.241 e. The van der Waals surface area contributed by atoms with Gasteiger partial charge in [-0.15, -0.1) is 0 Å². The highest BCUT2D eigenvalue weighted by Gasteiger charge is 2.16. The molecule has 2 aromatic rings. The van der Waals surface area contributed by atoms with Crippen molar-refractivity contribution >= 4 is 10.0 Å². The van der Waals surface area contributed by atoms with Gasteiger partial charge in [0.05, 0.1) is 0 Å². The van der Waals surface area contributed by atoms with Crippen LogP contribution in [0.1, 0.15) is 18.3 Å². The SMILES string of the molecule is CCn1ccnc1COc1ccc(C)cc1S(N)(=O)=O. The zero-order chi connectivity index (χ0) is 14.8. The predicted molar refractivity (Wildman–Crippen MR) is 74.8 cm³/mol. The highest BCUT2D eigenvalue weighted by molar-refractivity contribution is 7.89. The zero-order valence-electron chi connectivity index (χ0n) is 11.4. The topological polar surface area (TPSA) is 87.2 Å². The fourth-order valence-corrected chi connectivity index (χ4v) is 2.62. The number of aromatic nitrogens is 2. The molecule has 0 aliphatic heterocycles. The number of hydrogen-bond acceptors (Lipinski definition) is 4. The molecule has 0 radical (unpaired) electrons. The van der Waals surface area contributed by atoms with Crippen LogP contribution in [-0.4, -0.2) is 18.0 Å². The van der Waals surface area contributed by atoms with Crippen LogP contribution in [0.25, 0.3) is 0 Å². The third-order valence-corrected chi connectivity index (χ3v) is 3.84. The van der Waals surface area contributed by atoms with E-state index in [0.717, 1.165) is 17.9 Å². The fourth-order valence-electron chi connectivity index (χ4n) is 1.87. The van der Waals surface area contributed by atoms with E-state index in [1.807, 2.05) is 17.7 Å². The molecule has 0 aliphatic rings. The molecule has 0 aliphatic carbocycles. The van der Waals surface area contributed by atoms with Crippen molar-refractivity contribution < 1.29 is 13.2 Å². The quantitative estimate of drug-likeness (QED) is 0.904. The second-order valence-corrected chi connectivity index (χ2v) is 5.94. The van der Waals surface area contributed by atoms with Crippen LogP contribution in [0.5, 0.6) is 5.75 Å². The van der Waals surface area contributed by atoms with E-state index < -0.39 is 10.0 Å². The van der Waals surface area contributed by atoms with Gasteiger partial charge in [-0.05, 0) is 31.5 Å². The molecular weight excluding hydrogens is 278 g/mol. The molecular formula is C13H17N3O3S. The van der Waals surface area contributed by atoms with Crippen molar-refractivity contribution in [3.8, 4) is 5.75 Å². The lowest BCUT2D eigenvalue weighted by atomic mass is 10.2. The second-order valence-electron chi connectivity index (χ2n) is 4.41. The van der Waals surface area contributed by atoms with Gasteiger partial charge in [-0.25, -0.2) is 18.5 Å².